The highest BCUT2D eigenvalue weighted by molar-refractivity contribution is 7.94. The second-order valence-electron chi connectivity index (χ2n) is 9.14. The van der Waals surface area contributed by atoms with E-state index in [1.807, 2.05) is 0 Å². The maximum Gasteiger partial charge on any atom is 0.511 e. The Bertz CT molecular complexity index is 1810. The van der Waals surface area contributed by atoms with Crippen LogP contribution in [0.3, 0.4) is 0 Å². The van der Waals surface area contributed by atoms with E-state index in [-0.39, 0.29) is 42.6 Å². The molecule has 1 aliphatic rings. The number of halogens is 5. The second kappa shape index (κ2) is 11.7. The van der Waals surface area contributed by atoms with Crippen LogP contribution in [0.1, 0.15) is 18.5 Å². The van der Waals surface area contributed by atoms with Gasteiger partial charge in [0, 0.05) is 24.2 Å². The Morgan fingerprint density at radius 3 is 2.10 bits per heavy atom. The van der Waals surface area contributed by atoms with Crippen molar-refractivity contribution in [2.75, 3.05) is 31.2 Å². The molecule has 0 amide bonds. The van der Waals surface area contributed by atoms with E-state index in [1.54, 1.807) is 4.90 Å². The van der Waals surface area contributed by atoms with Crippen LogP contribution in [0.25, 0.3) is 0 Å². The van der Waals surface area contributed by atoms with Crippen LogP contribution in [0.5, 0.6) is 0 Å². The molecular formula is C25H23ClF4N2O7S3. The number of sulfonamides is 1. The topological polar surface area (TPSA) is 127 Å². The largest absolute Gasteiger partial charge is 0.511 e. The van der Waals surface area contributed by atoms with Gasteiger partial charge in [0.05, 0.1) is 33.6 Å². The summed E-state index contributed by atoms with van der Waals surface area (Å²) >= 11 is 6.06. The van der Waals surface area contributed by atoms with Crippen molar-refractivity contribution in [3.05, 3.63) is 77.1 Å². The Kier molecular flexibility index (Phi) is 8.98. The summed E-state index contributed by atoms with van der Waals surface area (Å²) in [6.45, 7) is 2.17. The van der Waals surface area contributed by atoms with Gasteiger partial charge in [0.2, 0.25) is 19.7 Å². The SMILES string of the molecule is C[C@H](NS(=O)(=O)C(F)(F)F)c1ccc(S(=O)(=O)c2ccc(Cl)cc2S(=O)(=O)c2c(F)cccc2N2CCOCC2)cc1. The van der Waals surface area contributed by atoms with Crippen LogP contribution in [0, 0.1) is 5.82 Å². The Hall–Kier alpha value is -2.76. The first-order valence-electron chi connectivity index (χ1n) is 12.1. The van der Waals surface area contributed by atoms with Crippen molar-refractivity contribution in [1.29, 1.82) is 0 Å². The molecule has 3 aromatic rings. The zero-order valence-corrected chi connectivity index (χ0v) is 24.8. The smallest absolute Gasteiger partial charge is 0.378 e. The Morgan fingerprint density at radius 2 is 1.50 bits per heavy atom. The molecule has 0 unspecified atom stereocenters. The number of anilines is 1. The third kappa shape index (κ3) is 6.28. The quantitative estimate of drug-likeness (QED) is 0.348. The molecule has 0 spiro atoms. The molecule has 0 radical (unpaired) electrons. The predicted octanol–water partition coefficient (Wildman–Crippen LogP) is 4.48. The van der Waals surface area contributed by atoms with Crippen molar-refractivity contribution < 1.29 is 47.6 Å². The maximum absolute atomic E-state index is 15.2. The highest BCUT2D eigenvalue weighted by atomic mass is 35.5. The summed E-state index contributed by atoms with van der Waals surface area (Å²) in [5, 5.41) is -0.141. The van der Waals surface area contributed by atoms with E-state index in [0.29, 0.717) is 0 Å². The van der Waals surface area contributed by atoms with Gasteiger partial charge in [-0.25, -0.2) is 34.4 Å². The molecule has 1 atom stereocenters. The molecular weight excluding hydrogens is 648 g/mol. The summed E-state index contributed by atoms with van der Waals surface area (Å²) in [4.78, 5) is -1.11. The number of ether oxygens (including phenoxy) is 1. The summed E-state index contributed by atoms with van der Waals surface area (Å²) in [6.07, 6.45) is 0. The molecule has 1 heterocycles. The predicted molar refractivity (Wildman–Crippen MR) is 145 cm³/mol. The minimum absolute atomic E-state index is 0.00719. The van der Waals surface area contributed by atoms with Crippen molar-refractivity contribution in [3.8, 4) is 0 Å². The highest BCUT2D eigenvalue weighted by Gasteiger charge is 2.46. The number of hydrogen-bond donors (Lipinski definition) is 1. The molecule has 3 aromatic carbocycles. The number of hydrogen-bond acceptors (Lipinski definition) is 8. The van der Waals surface area contributed by atoms with Gasteiger partial charge in [-0.15, -0.1) is 0 Å². The van der Waals surface area contributed by atoms with E-state index < -0.39 is 66.6 Å². The van der Waals surface area contributed by atoms with E-state index >= 15 is 4.39 Å². The average Bonchev–Trinajstić information content (AvgIpc) is 2.92. The Morgan fingerprint density at radius 1 is 0.881 bits per heavy atom. The monoisotopic (exact) mass is 670 g/mol. The lowest BCUT2D eigenvalue weighted by atomic mass is 10.1. The number of nitrogens with zero attached hydrogens (tertiary/aromatic N) is 1. The molecule has 1 fully saturated rings. The second-order valence-corrected chi connectivity index (χ2v) is 15.1. The van der Waals surface area contributed by atoms with Gasteiger partial charge in [0.15, 0.2) is 0 Å². The summed E-state index contributed by atoms with van der Waals surface area (Å²) < 4.78 is 138. The van der Waals surface area contributed by atoms with Gasteiger partial charge in [0.1, 0.15) is 10.7 Å². The van der Waals surface area contributed by atoms with E-state index in [4.69, 9.17) is 16.3 Å². The molecule has 0 aliphatic carbocycles. The first kappa shape index (κ1) is 32.2. The summed E-state index contributed by atoms with van der Waals surface area (Å²) in [6, 6.07) is 9.37. The highest BCUT2D eigenvalue weighted by Crippen LogP contribution is 2.38. The van der Waals surface area contributed by atoms with Gasteiger partial charge in [-0.1, -0.05) is 29.8 Å². The van der Waals surface area contributed by atoms with Gasteiger partial charge >= 0.3 is 15.5 Å². The van der Waals surface area contributed by atoms with E-state index in [9.17, 15) is 38.4 Å². The molecule has 1 N–H and O–H groups in total. The minimum Gasteiger partial charge on any atom is -0.378 e. The van der Waals surface area contributed by atoms with E-state index in [0.717, 1.165) is 55.5 Å². The molecule has 0 saturated carbocycles. The van der Waals surface area contributed by atoms with Crippen LogP contribution >= 0.6 is 11.6 Å². The molecule has 17 heteroatoms. The minimum atomic E-state index is -5.68. The number of sulfone groups is 2. The number of rotatable bonds is 8. The van der Waals surface area contributed by atoms with Gasteiger partial charge in [-0.05, 0) is 55.0 Å². The first-order valence-corrected chi connectivity index (χ1v) is 16.9. The molecule has 0 bridgehead atoms. The van der Waals surface area contributed by atoms with Crippen molar-refractivity contribution in [2.45, 2.75) is 38.1 Å². The number of benzene rings is 3. The lowest BCUT2D eigenvalue weighted by molar-refractivity contribution is -0.0450. The summed E-state index contributed by atoms with van der Waals surface area (Å²) in [5.74, 6) is -1.11. The zero-order chi connectivity index (χ0) is 31.1. The molecule has 0 aromatic heterocycles. The molecule has 1 saturated heterocycles. The van der Waals surface area contributed by atoms with Gasteiger partial charge in [-0.3, -0.25) is 0 Å². The molecule has 1 aliphatic heterocycles. The number of alkyl halides is 3. The Balaban J connectivity index is 1.77. The number of nitrogens with one attached hydrogen (secondary N) is 1. The third-order valence-electron chi connectivity index (χ3n) is 6.38. The molecule has 228 valence electrons. The van der Waals surface area contributed by atoms with Crippen molar-refractivity contribution in [1.82, 2.24) is 4.72 Å². The van der Waals surface area contributed by atoms with Gasteiger partial charge in [-0.2, -0.15) is 13.2 Å². The average molecular weight is 671 g/mol. The molecule has 42 heavy (non-hydrogen) atoms. The van der Waals surface area contributed by atoms with Crippen molar-refractivity contribution in [3.63, 3.8) is 0 Å². The van der Waals surface area contributed by atoms with Gasteiger partial charge < -0.3 is 9.64 Å². The third-order valence-corrected chi connectivity index (χ3v) is 11.7. The fourth-order valence-electron chi connectivity index (χ4n) is 4.27. The lowest BCUT2D eigenvalue weighted by Gasteiger charge is -2.30. The van der Waals surface area contributed by atoms with E-state index in [2.05, 4.69) is 0 Å². The molecule has 9 nitrogen and oxygen atoms in total. The van der Waals surface area contributed by atoms with Crippen LogP contribution in [0.4, 0.5) is 23.2 Å². The zero-order valence-electron chi connectivity index (χ0n) is 21.6. The summed E-state index contributed by atoms with van der Waals surface area (Å²) in [5.41, 5.74) is -5.55. The fourth-order valence-corrected chi connectivity index (χ4v) is 8.85. The molecule has 4 rings (SSSR count). The van der Waals surface area contributed by atoms with Crippen molar-refractivity contribution in [2.24, 2.45) is 0 Å². The lowest BCUT2D eigenvalue weighted by Crippen LogP contribution is -2.37. The van der Waals surface area contributed by atoms with Gasteiger partial charge in [0.25, 0.3) is 0 Å². The summed E-state index contributed by atoms with van der Waals surface area (Å²) in [7, 11) is -15.2. The van der Waals surface area contributed by atoms with Crippen molar-refractivity contribution >= 4 is 47.0 Å². The van der Waals surface area contributed by atoms with Crippen LogP contribution in [0.2, 0.25) is 5.02 Å². The van der Waals surface area contributed by atoms with Crippen LogP contribution < -0.4 is 9.62 Å². The standard InChI is InChI=1S/C25H23ClF4N2O7S3/c1-16(31-42(37,38)25(28,29)30)17-5-8-19(9-6-17)40(33,34)22-10-7-18(26)15-23(22)41(35,36)24-20(27)3-2-4-21(24)32-11-13-39-14-12-32/h2-10,15-16,31H,11-14H2,1H3/t16-/m0/s1. The van der Waals surface area contributed by atoms with Crippen LogP contribution in [-0.4, -0.2) is 57.1 Å². The normalized spacial score (nSPS) is 15.9. The fraction of sp³-hybridized carbons (Fsp3) is 0.280. The van der Waals surface area contributed by atoms with E-state index in [1.165, 1.54) is 16.9 Å². The number of morpholine rings is 1. The maximum atomic E-state index is 15.2. The van der Waals surface area contributed by atoms with Crippen LogP contribution in [-0.2, 0) is 34.4 Å². The Labute approximate surface area is 244 Å². The first-order chi connectivity index (χ1) is 19.5. The van der Waals surface area contributed by atoms with Crippen LogP contribution in [0.15, 0.2) is 80.2 Å².